The Labute approximate surface area is 105 Å². The second kappa shape index (κ2) is 5.19. The average molecular weight is 272 g/mol. The van der Waals surface area contributed by atoms with Crippen LogP contribution in [0, 0.1) is 0 Å². The Morgan fingerprint density at radius 1 is 1.56 bits per heavy atom. The predicted molar refractivity (Wildman–Crippen MR) is 66.1 cm³/mol. The summed E-state index contributed by atoms with van der Waals surface area (Å²) >= 11 is 0. The molecule has 0 radical (unpaired) electrons. The van der Waals surface area contributed by atoms with E-state index in [2.05, 4.69) is 9.97 Å². The van der Waals surface area contributed by atoms with Crippen LogP contribution in [0.2, 0.25) is 0 Å². The van der Waals surface area contributed by atoms with Crippen molar-refractivity contribution in [2.24, 2.45) is 0 Å². The number of H-pyrrole nitrogens is 1. The van der Waals surface area contributed by atoms with Crippen molar-refractivity contribution < 1.29 is 13.2 Å². The highest BCUT2D eigenvalue weighted by atomic mass is 32.2. The zero-order chi connectivity index (χ0) is 13.2. The number of sulfone groups is 1. The Hall–Kier alpha value is -1.21. The Kier molecular flexibility index (Phi) is 3.82. The molecule has 0 aliphatic carbocycles. The van der Waals surface area contributed by atoms with Crippen molar-refractivity contribution in [1.29, 1.82) is 0 Å². The van der Waals surface area contributed by atoms with Gasteiger partial charge in [0.1, 0.15) is 5.82 Å². The van der Waals surface area contributed by atoms with Crippen LogP contribution in [-0.2, 0) is 26.7 Å². The Bertz CT molecular complexity index is 573. The van der Waals surface area contributed by atoms with Gasteiger partial charge in [-0.15, -0.1) is 0 Å². The number of nitrogens with zero attached hydrogens (tertiary/aromatic N) is 1. The second-order valence-corrected chi connectivity index (χ2v) is 6.61. The van der Waals surface area contributed by atoms with Crippen LogP contribution in [0.1, 0.15) is 24.9 Å². The maximum atomic E-state index is 12.1. The minimum absolute atomic E-state index is 0.196. The molecular weight excluding hydrogens is 256 g/mol. The van der Waals surface area contributed by atoms with E-state index < -0.39 is 15.1 Å². The molecule has 1 unspecified atom stereocenters. The summed E-state index contributed by atoms with van der Waals surface area (Å²) in [7, 11) is -3.30. The van der Waals surface area contributed by atoms with Crippen LogP contribution in [0.5, 0.6) is 0 Å². The highest BCUT2D eigenvalue weighted by molar-refractivity contribution is 7.91. The number of rotatable bonds is 4. The molecule has 18 heavy (non-hydrogen) atoms. The van der Waals surface area contributed by atoms with Crippen molar-refractivity contribution in [2.45, 2.75) is 30.8 Å². The lowest BCUT2D eigenvalue weighted by Gasteiger charge is -2.09. The zero-order valence-corrected chi connectivity index (χ0v) is 11.0. The standard InChI is InChI=1S/C11H16N2O4S/c1-2-10-12-8(5-11(14)13-10)7-18(15,16)9-3-4-17-6-9/h5,9H,2-4,6-7H2,1H3,(H,12,13,14). The summed E-state index contributed by atoms with van der Waals surface area (Å²) in [6.07, 6.45) is 1.09. The number of hydrogen-bond acceptors (Lipinski definition) is 5. The van der Waals surface area contributed by atoms with E-state index in [1.54, 1.807) is 0 Å². The van der Waals surface area contributed by atoms with Gasteiger partial charge in [-0.25, -0.2) is 13.4 Å². The van der Waals surface area contributed by atoms with Crippen LogP contribution in [0.3, 0.4) is 0 Å². The molecule has 0 bridgehead atoms. The third-order valence-corrected chi connectivity index (χ3v) is 5.01. The van der Waals surface area contributed by atoms with Crippen molar-refractivity contribution in [3.05, 3.63) is 27.9 Å². The van der Waals surface area contributed by atoms with Gasteiger partial charge in [0.2, 0.25) is 0 Å². The molecular formula is C11H16N2O4S. The molecule has 1 atom stereocenters. The lowest BCUT2D eigenvalue weighted by Crippen LogP contribution is -2.24. The first-order valence-corrected chi connectivity index (χ1v) is 7.61. The maximum absolute atomic E-state index is 12.1. The fourth-order valence-corrected chi connectivity index (χ4v) is 3.48. The van der Waals surface area contributed by atoms with Crippen molar-refractivity contribution in [3.8, 4) is 0 Å². The Morgan fingerprint density at radius 2 is 2.33 bits per heavy atom. The van der Waals surface area contributed by atoms with E-state index in [9.17, 15) is 13.2 Å². The molecule has 2 heterocycles. The first-order chi connectivity index (χ1) is 8.51. The number of nitrogens with one attached hydrogen (secondary N) is 1. The van der Waals surface area contributed by atoms with E-state index in [4.69, 9.17) is 4.74 Å². The van der Waals surface area contributed by atoms with Gasteiger partial charge in [0, 0.05) is 19.1 Å². The molecule has 1 aromatic rings. The minimum atomic E-state index is -3.30. The van der Waals surface area contributed by atoms with Crippen molar-refractivity contribution in [3.63, 3.8) is 0 Å². The summed E-state index contributed by atoms with van der Waals surface area (Å²) in [6, 6.07) is 1.24. The predicted octanol–water partition coefficient (Wildman–Crippen LogP) is 0.0360. The molecule has 1 N–H and O–H groups in total. The number of ether oxygens (including phenoxy) is 1. The summed E-state index contributed by atoms with van der Waals surface area (Å²) in [6.45, 7) is 2.57. The lowest BCUT2D eigenvalue weighted by molar-refractivity contribution is 0.198. The largest absolute Gasteiger partial charge is 0.380 e. The summed E-state index contributed by atoms with van der Waals surface area (Å²) in [5, 5.41) is -0.469. The van der Waals surface area contributed by atoms with E-state index >= 15 is 0 Å². The third-order valence-electron chi connectivity index (χ3n) is 2.92. The van der Waals surface area contributed by atoms with Crippen LogP contribution < -0.4 is 5.56 Å². The van der Waals surface area contributed by atoms with Crippen LogP contribution in [0.25, 0.3) is 0 Å². The molecule has 1 aromatic heterocycles. The molecule has 1 aliphatic rings. The summed E-state index contributed by atoms with van der Waals surface area (Å²) < 4.78 is 29.2. The molecule has 0 aromatic carbocycles. The zero-order valence-electron chi connectivity index (χ0n) is 10.2. The van der Waals surface area contributed by atoms with Gasteiger partial charge in [0.15, 0.2) is 9.84 Å². The van der Waals surface area contributed by atoms with Gasteiger partial charge in [-0.1, -0.05) is 6.92 Å². The SMILES string of the molecule is CCc1nc(CS(=O)(=O)C2CCOC2)cc(=O)[nH]1. The monoisotopic (exact) mass is 272 g/mol. The van der Waals surface area contributed by atoms with Gasteiger partial charge >= 0.3 is 0 Å². The van der Waals surface area contributed by atoms with E-state index in [0.717, 1.165) is 0 Å². The summed E-state index contributed by atoms with van der Waals surface area (Å²) in [5.41, 5.74) is -0.00257. The van der Waals surface area contributed by atoms with Crippen molar-refractivity contribution in [2.75, 3.05) is 13.2 Å². The highest BCUT2D eigenvalue weighted by Gasteiger charge is 2.30. The van der Waals surface area contributed by atoms with E-state index in [-0.39, 0.29) is 17.9 Å². The minimum Gasteiger partial charge on any atom is -0.380 e. The van der Waals surface area contributed by atoms with Gasteiger partial charge in [-0.3, -0.25) is 4.79 Å². The van der Waals surface area contributed by atoms with Crippen LogP contribution >= 0.6 is 0 Å². The molecule has 6 nitrogen and oxygen atoms in total. The lowest BCUT2D eigenvalue weighted by atomic mass is 10.4. The Morgan fingerprint density at radius 3 is 2.94 bits per heavy atom. The van der Waals surface area contributed by atoms with Crippen LogP contribution in [-0.4, -0.2) is 36.8 Å². The molecule has 1 aliphatic heterocycles. The second-order valence-electron chi connectivity index (χ2n) is 4.33. The first kappa shape index (κ1) is 13.2. The number of aromatic nitrogens is 2. The molecule has 1 fully saturated rings. The highest BCUT2D eigenvalue weighted by Crippen LogP contribution is 2.17. The number of aromatic amines is 1. The average Bonchev–Trinajstić information content (AvgIpc) is 2.81. The number of hydrogen-bond donors (Lipinski definition) is 1. The van der Waals surface area contributed by atoms with Crippen molar-refractivity contribution >= 4 is 9.84 Å². The summed E-state index contributed by atoms with van der Waals surface area (Å²) in [5.74, 6) is 0.313. The fourth-order valence-electron chi connectivity index (χ4n) is 1.92. The number of aryl methyl sites for hydroxylation is 1. The van der Waals surface area contributed by atoms with Crippen LogP contribution in [0.4, 0.5) is 0 Å². The summed E-state index contributed by atoms with van der Waals surface area (Å²) in [4.78, 5) is 18.1. The van der Waals surface area contributed by atoms with Gasteiger partial charge in [0.25, 0.3) is 5.56 Å². The van der Waals surface area contributed by atoms with Crippen LogP contribution in [0.15, 0.2) is 10.9 Å². The first-order valence-electron chi connectivity index (χ1n) is 5.89. The normalized spacial score (nSPS) is 20.2. The van der Waals surface area contributed by atoms with E-state index in [0.29, 0.717) is 31.0 Å². The molecule has 0 spiro atoms. The maximum Gasteiger partial charge on any atom is 0.251 e. The van der Waals surface area contributed by atoms with Gasteiger partial charge in [-0.2, -0.15) is 0 Å². The van der Waals surface area contributed by atoms with Crippen molar-refractivity contribution in [1.82, 2.24) is 9.97 Å². The third kappa shape index (κ3) is 2.97. The topological polar surface area (TPSA) is 89.1 Å². The smallest absolute Gasteiger partial charge is 0.251 e. The molecule has 1 saturated heterocycles. The van der Waals surface area contributed by atoms with Gasteiger partial charge in [0.05, 0.1) is 23.3 Å². The van der Waals surface area contributed by atoms with Gasteiger partial charge in [-0.05, 0) is 6.42 Å². The molecule has 100 valence electrons. The fraction of sp³-hybridized carbons (Fsp3) is 0.636. The Balaban J connectivity index is 2.23. The van der Waals surface area contributed by atoms with E-state index in [1.807, 2.05) is 6.92 Å². The van der Waals surface area contributed by atoms with Gasteiger partial charge < -0.3 is 9.72 Å². The molecule has 7 heteroatoms. The molecule has 0 saturated carbocycles. The van der Waals surface area contributed by atoms with E-state index in [1.165, 1.54) is 6.07 Å². The quantitative estimate of drug-likeness (QED) is 0.835. The molecule has 0 amide bonds. The molecule has 2 rings (SSSR count).